The van der Waals surface area contributed by atoms with Crippen LogP contribution in [0.5, 0.6) is 0 Å². The molecule has 6 nitrogen and oxygen atoms in total. The Hall–Kier alpha value is -2.21. The van der Waals surface area contributed by atoms with Crippen LogP contribution in [0.1, 0.15) is 11.3 Å². The normalized spacial score (nSPS) is 10.5. The number of hydrogen-bond acceptors (Lipinski definition) is 4. The summed E-state index contributed by atoms with van der Waals surface area (Å²) in [4.78, 5) is 10.7. The summed E-state index contributed by atoms with van der Waals surface area (Å²) >= 11 is 0. The lowest BCUT2D eigenvalue weighted by Gasteiger charge is -2.06. The van der Waals surface area contributed by atoms with Crippen molar-refractivity contribution in [1.82, 2.24) is 15.0 Å². The highest BCUT2D eigenvalue weighted by Gasteiger charge is 2.10. The molecule has 94 valence electrons. The molecule has 1 N–H and O–H groups in total. The molecular formula is C12H13N3O3. The molecule has 0 saturated heterocycles. The van der Waals surface area contributed by atoms with Gasteiger partial charge in [0.05, 0.1) is 30.6 Å². The second-order valence-corrected chi connectivity index (χ2v) is 3.81. The summed E-state index contributed by atoms with van der Waals surface area (Å²) in [5.41, 5.74) is 2.31. The van der Waals surface area contributed by atoms with Gasteiger partial charge in [0.15, 0.2) is 0 Å². The van der Waals surface area contributed by atoms with Crippen LogP contribution < -0.4 is 0 Å². The van der Waals surface area contributed by atoms with Gasteiger partial charge in [0.1, 0.15) is 0 Å². The van der Waals surface area contributed by atoms with Crippen LogP contribution in [0.3, 0.4) is 0 Å². The monoisotopic (exact) mass is 247 g/mol. The maximum atomic E-state index is 10.7. The van der Waals surface area contributed by atoms with Gasteiger partial charge in [-0.3, -0.25) is 4.79 Å². The van der Waals surface area contributed by atoms with Crippen LogP contribution >= 0.6 is 0 Å². The highest BCUT2D eigenvalue weighted by Crippen LogP contribution is 2.13. The van der Waals surface area contributed by atoms with E-state index in [0.717, 1.165) is 11.3 Å². The minimum Gasteiger partial charge on any atom is -0.481 e. The second kappa shape index (κ2) is 5.42. The van der Waals surface area contributed by atoms with Gasteiger partial charge in [0.2, 0.25) is 0 Å². The number of carbonyl (C=O) groups is 1. The van der Waals surface area contributed by atoms with E-state index in [1.54, 1.807) is 7.11 Å². The molecular weight excluding hydrogens is 234 g/mol. The second-order valence-electron chi connectivity index (χ2n) is 3.81. The van der Waals surface area contributed by atoms with E-state index in [1.165, 1.54) is 10.9 Å². The lowest BCUT2D eigenvalue weighted by Crippen LogP contribution is -2.08. The molecule has 0 fully saturated rings. The van der Waals surface area contributed by atoms with Crippen LogP contribution in [0.4, 0.5) is 0 Å². The molecule has 0 bridgehead atoms. The highest BCUT2D eigenvalue weighted by atomic mass is 16.5. The van der Waals surface area contributed by atoms with Crippen molar-refractivity contribution in [2.75, 3.05) is 7.11 Å². The molecule has 1 heterocycles. The minimum absolute atomic E-state index is 0.110. The van der Waals surface area contributed by atoms with Gasteiger partial charge in [-0.25, -0.2) is 4.68 Å². The van der Waals surface area contributed by atoms with Crippen molar-refractivity contribution in [3.8, 4) is 5.69 Å². The van der Waals surface area contributed by atoms with Crippen molar-refractivity contribution in [3.05, 3.63) is 41.7 Å². The number of carboxylic acid groups (broad SMARTS) is 1. The first-order chi connectivity index (χ1) is 8.70. The number of nitrogens with zero attached hydrogens (tertiary/aromatic N) is 3. The first-order valence-corrected chi connectivity index (χ1v) is 5.40. The first kappa shape index (κ1) is 12.3. The smallest absolute Gasteiger partial charge is 0.309 e. The number of benzene rings is 1. The lowest BCUT2D eigenvalue weighted by atomic mass is 10.2. The molecule has 2 aromatic rings. The van der Waals surface area contributed by atoms with E-state index in [2.05, 4.69) is 10.3 Å². The zero-order valence-electron chi connectivity index (χ0n) is 9.91. The summed E-state index contributed by atoms with van der Waals surface area (Å²) in [6.07, 6.45) is 1.35. The molecule has 2 rings (SSSR count). The predicted molar refractivity (Wildman–Crippen MR) is 63.4 cm³/mol. The fourth-order valence-corrected chi connectivity index (χ4v) is 1.69. The van der Waals surface area contributed by atoms with Crippen molar-refractivity contribution < 1.29 is 14.6 Å². The molecule has 0 aliphatic heterocycles. The molecule has 0 aliphatic rings. The molecule has 0 radical (unpaired) electrons. The van der Waals surface area contributed by atoms with Crippen molar-refractivity contribution in [2.45, 2.75) is 13.0 Å². The highest BCUT2D eigenvalue weighted by molar-refractivity contribution is 5.69. The van der Waals surface area contributed by atoms with Gasteiger partial charge in [-0.1, -0.05) is 17.3 Å². The number of carboxylic acids is 1. The van der Waals surface area contributed by atoms with Gasteiger partial charge in [-0.05, 0) is 17.7 Å². The number of ether oxygens (including phenoxy) is 1. The molecule has 1 aromatic heterocycles. The summed E-state index contributed by atoms with van der Waals surface area (Å²) in [5, 5.41) is 16.5. The van der Waals surface area contributed by atoms with Gasteiger partial charge in [-0.2, -0.15) is 0 Å². The van der Waals surface area contributed by atoms with Crippen LogP contribution in [-0.2, 0) is 22.6 Å². The zero-order valence-corrected chi connectivity index (χ0v) is 9.91. The molecule has 0 unspecified atom stereocenters. The predicted octanol–water partition coefficient (Wildman–Crippen LogP) is 1.04. The van der Waals surface area contributed by atoms with E-state index < -0.39 is 5.97 Å². The van der Waals surface area contributed by atoms with E-state index in [0.29, 0.717) is 12.3 Å². The van der Waals surface area contributed by atoms with E-state index in [-0.39, 0.29) is 6.42 Å². The van der Waals surface area contributed by atoms with Crippen LogP contribution in [-0.4, -0.2) is 33.2 Å². The van der Waals surface area contributed by atoms with Crippen molar-refractivity contribution >= 4 is 5.97 Å². The Morgan fingerprint density at radius 1 is 1.50 bits per heavy atom. The SMILES string of the molecule is COCc1cccc(-n2nncc2CC(=O)O)c1. The quantitative estimate of drug-likeness (QED) is 0.854. The average molecular weight is 247 g/mol. The maximum Gasteiger partial charge on any atom is 0.309 e. The number of hydrogen-bond donors (Lipinski definition) is 1. The summed E-state index contributed by atoms with van der Waals surface area (Å²) in [6.45, 7) is 0.497. The standard InChI is InChI=1S/C12H13N3O3/c1-18-8-9-3-2-4-10(5-9)15-11(6-12(16)17)7-13-14-15/h2-5,7H,6,8H2,1H3,(H,16,17). The summed E-state index contributed by atoms with van der Waals surface area (Å²) in [7, 11) is 1.62. The van der Waals surface area contributed by atoms with E-state index in [1.807, 2.05) is 24.3 Å². The molecule has 1 aromatic carbocycles. The van der Waals surface area contributed by atoms with Crippen LogP contribution in [0.25, 0.3) is 5.69 Å². The lowest BCUT2D eigenvalue weighted by molar-refractivity contribution is -0.136. The molecule has 0 saturated carbocycles. The van der Waals surface area contributed by atoms with Crippen molar-refractivity contribution in [3.63, 3.8) is 0 Å². The van der Waals surface area contributed by atoms with E-state index in [9.17, 15) is 4.79 Å². The molecule has 6 heteroatoms. The van der Waals surface area contributed by atoms with E-state index >= 15 is 0 Å². The summed E-state index contributed by atoms with van der Waals surface area (Å²) in [6, 6.07) is 7.54. The van der Waals surface area contributed by atoms with E-state index in [4.69, 9.17) is 9.84 Å². The molecule has 18 heavy (non-hydrogen) atoms. The number of aromatic nitrogens is 3. The molecule has 0 amide bonds. The Morgan fingerprint density at radius 3 is 3.06 bits per heavy atom. The van der Waals surface area contributed by atoms with Gasteiger partial charge in [0, 0.05) is 7.11 Å². The Kier molecular flexibility index (Phi) is 3.69. The van der Waals surface area contributed by atoms with Crippen LogP contribution in [0, 0.1) is 0 Å². The van der Waals surface area contributed by atoms with Crippen LogP contribution in [0.15, 0.2) is 30.5 Å². The van der Waals surface area contributed by atoms with Crippen molar-refractivity contribution in [2.24, 2.45) is 0 Å². The third-order valence-electron chi connectivity index (χ3n) is 2.42. The third kappa shape index (κ3) is 2.72. The van der Waals surface area contributed by atoms with Crippen LogP contribution in [0.2, 0.25) is 0 Å². The molecule has 0 atom stereocenters. The Labute approximate surface area is 104 Å². The third-order valence-corrected chi connectivity index (χ3v) is 2.42. The Bertz CT molecular complexity index is 551. The Morgan fingerprint density at radius 2 is 2.33 bits per heavy atom. The average Bonchev–Trinajstić information content (AvgIpc) is 2.77. The van der Waals surface area contributed by atoms with Gasteiger partial charge >= 0.3 is 5.97 Å². The zero-order chi connectivity index (χ0) is 13.0. The summed E-state index contributed by atoms with van der Waals surface area (Å²) < 4.78 is 6.58. The fourth-order valence-electron chi connectivity index (χ4n) is 1.69. The number of rotatable bonds is 5. The van der Waals surface area contributed by atoms with Crippen molar-refractivity contribution in [1.29, 1.82) is 0 Å². The van der Waals surface area contributed by atoms with Gasteiger partial charge < -0.3 is 9.84 Å². The molecule has 0 aliphatic carbocycles. The van der Waals surface area contributed by atoms with Gasteiger partial charge in [-0.15, -0.1) is 5.10 Å². The first-order valence-electron chi connectivity index (χ1n) is 5.40. The largest absolute Gasteiger partial charge is 0.481 e. The number of methoxy groups -OCH3 is 1. The fraction of sp³-hybridized carbons (Fsp3) is 0.250. The topological polar surface area (TPSA) is 77.2 Å². The maximum absolute atomic E-state index is 10.7. The minimum atomic E-state index is -0.911. The number of aliphatic carboxylic acids is 1. The Balaban J connectivity index is 2.33. The molecule has 0 spiro atoms. The van der Waals surface area contributed by atoms with Gasteiger partial charge in [0.25, 0.3) is 0 Å². The summed E-state index contributed by atoms with van der Waals surface area (Å²) in [5.74, 6) is -0.911.